The van der Waals surface area contributed by atoms with Gasteiger partial charge in [0, 0.05) is 60.1 Å². The number of nitrogen functional groups attached to an aromatic ring is 1. The van der Waals surface area contributed by atoms with Gasteiger partial charge in [0.15, 0.2) is 0 Å². The normalized spacial score (nSPS) is 14.1. The van der Waals surface area contributed by atoms with Crippen LogP contribution < -0.4 is 20.7 Å². The molecule has 4 rings (SSSR count). The van der Waals surface area contributed by atoms with Crippen LogP contribution in [0.25, 0.3) is 10.9 Å². The Morgan fingerprint density at radius 3 is 2.69 bits per heavy atom. The van der Waals surface area contributed by atoms with Crippen LogP contribution in [0.15, 0.2) is 48.5 Å². The van der Waals surface area contributed by atoms with Crippen LogP contribution in [0.1, 0.15) is 0 Å². The molecule has 2 amide bonds. The second-order valence-electron chi connectivity index (χ2n) is 6.86. The van der Waals surface area contributed by atoms with E-state index in [2.05, 4.69) is 15.2 Å². The molecule has 0 bridgehead atoms. The number of methoxy groups -OCH3 is 1. The van der Waals surface area contributed by atoms with E-state index < -0.39 is 0 Å². The molecule has 0 unspecified atom stereocenters. The molecule has 0 aliphatic carbocycles. The second kappa shape index (κ2) is 8.05. The number of fused-ring (bicyclic) bond motifs is 1. The van der Waals surface area contributed by atoms with Gasteiger partial charge in [-0.25, -0.2) is 9.78 Å². The van der Waals surface area contributed by atoms with Crippen molar-refractivity contribution >= 4 is 45.7 Å². The molecule has 1 aromatic heterocycles. The van der Waals surface area contributed by atoms with Crippen molar-refractivity contribution in [3.63, 3.8) is 0 Å². The number of nitrogens with zero attached hydrogens (tertiary/aromatic N) is 3. The highest BCUT2D eigenvalue weighted by molar-refractivity contribution is 6.31. The van der Waals surface area contributed by atoms with Crippen molar-refractivity contribution in [1.29, 1.82) is 0 Å². The van der Waals surface area contributed by atoms with Crippen LogP contribution in [0, 0.1) is 0 Å². The number of nitrogens with two attached hydrogens (primary N) is 1. The number of pyridine rings is 1. The number of ether oxygens (including phenoxy) is 1. The van der Waals surface area contributed by atoms with Gasteiger partial charge in [-0.15, -0.1) is 0 Å². The lowest BCUT2D eigenvalue weighted by atomic mass is 10.1. The molecule has 1 saturated heterocycles. The average molecular weight is 412 g/mol. The van der Waals surface area contributed by atoms with E-state index in [4.69, 9.17) is 22.1 Å². The lowest BCUT2D eigenvalue weighted by Crippen LogP contribution is -2.50. The smallest absolute Gasteiger partial charge is 0.321 e. The van der Waals surface area contributed by atoms with Crippen LogP contribution in [0.3, 0.4) is 0 Å². The van der Waals surface area contributed by atoms with E-state index in [0.29, 0.717) is 48.5 Å². The Balaban J connectivity index is 1.45. The maximum absolute atomic E-state index is 12.6. The largest absolute Gasteiger partial charge is 0.497 e. The van der Waals surface area contributed by atoms with Crippen molar-refractivity contribution < 1.29 is 9.53 Å². The van der Waals surface area contributed by atoms with Crippen LogP contribution in [-0.4, -0.2) is 49.2 Å². The number of anilines is 3. The summed E-state index contributed by atoms with van der Waals surface area (Å²) in [5.74, 6) is 1.16. The number of halogens is 1. The zero-order valence-corrected chi connectivity index (χ0v) is 16.8. The predicted molar refractivity (Wildman–Crippen MR) is 117 cm³/mol. The number of carbonyl (C=O) groups is 1. The van der Waals surface area contributed by atoms with E-state index in [1.807, 2.05) is 42.5 Å². The predicted octanol–water partition coefficient (Wildman–Crippen LogP) is 3.83. The van der Waals surface area contributed by atoms with Gasteiger partial charge in [-0.2, -0.15) is 0 Å². The number of carbonyl (C=O) groups excluding carboxylic acids is 1. The molecule has 1 aliphatic heterocycles. The van der Waals surface area contributed by atoms with Crippen molar-refractivity contribution in [2.24, 2.45) is 0 Å². The molecule has 1 aliphatic rings. The summed E-state index contributed by atoms with van der Waals surface area (Å²) in [6.45, 7) is 2.61. The standard InChI is InChI=1S/C21H22ClN5O2/c1-29-16-4-2-3-15(12-16)24-21(28)27-9-7-26(8-10-27)19-13-20(23)25-18-11-14(22)5-6-17(18)19/h2-6,11-13H,7-10H2,1H3,(H2,23,25)(H,24,28). The quantitative estimate of drug-likeness (QED) is 0.684. The Morgan fingerprint density at radius 2 is 1.93 bits per heavy atom. The van der Waals surface area contributed by atoms with Gasteiger partial charge in [-0.3, -0.25) is 0 Å². The minimum atomic E-state index is -0.121. The van der Waals surface area contributed by atoms with Gasteiger partial charge in [0.05, 0.1) is 12.6 Å². The fraction of sp³-hybridized carbons (Fsp3) is 0.238. The number of hydrogen-bond donors (Lipinski definition) is 2. The second-order valence-corrected chi connectivity index (χ2v) is 7.30. The maximum atomic E-state index is 12.6. The molecule has 8 heteroatoms. The summed E-state index contributed by atoms with van der Waals surface area (Å²) in [4.78, 5) is 21.0. The van der Waals surface area contributed by atoms with Crippen LogP contribution in [0.5, 0.6) is 5.75 Å². The summed E-state index contributed by atoms with van der Waals surface area (Å²) in [6.07, 6.45) is 0. The first-order valence-electron chi connectivity index (χ1n) is 9.34. The first kappa shape index (κ1) is 19.1. The van der Waals surface area contributed by atoms with Crippen molar-refractivity contribution in [2.75, 3.05) is 49.2 Å². The topological polar surface area (TPSA) is 83.7 Å². The fourth-order valence-electron chi connectivity index (χ4n) is 3.52. The molecule has 2 heterocycles. The Labute approximate surface area is 174 Å². The van der Waals surface area contributed by atoms with Crippen LogP contribution in [0.4, 0.5) is 22.0 Å². The fourth-order valence-corrected chi connectivity index (χ4v) is 3.68. The average Bonchev–Trinajstić information content (AvgIpc) is 2.73. The molecule has 0 saturated carbocycles. The van der Waals surface area contributed by atoms with Gasteiger partial charge in [-0.1, -0.05) is 17.7 Å². The molecule has 2 aromatic carbocycles. The molecule has 150 valence electrons. The number of aromatic nitrogens is 1. The maximum Gasteiger partial charge on any atom is 0.321 e. The van der Waals surface area contributed by atoms with Crippen LogP contribution in [0.2, 0.25) is 5.02 Å². The van der Waals surface area contributed by atoms with Gasteiger partial charge in [-0.05, 0) is 30.3 Å². The van der Waals surface area contributed by atoms with Gasteiger partial charge >= 0.3 is 6.03 Å². The molecular formula is C21H22ClN5O2. The minimum Gasteiger partial charge on any atom is -0.497 e. The molecular weight excluding hydrogens is 390 g/mol. The van der Waals surface area contributed by atoms with Gasteiger partial charge in [0.1, 0.15) is 11.6 Å². The summed E-state index contributed by atoms with van der Waals surface area (Å²) >= 11 is 6.10. The van der Waals surface area contributed by atoms with Crippen molar-refractivity contribution in [3.8, 4) is 5.75 Å². The number of piperazine rings is 1. The van der Waals surface area contributed by atoms with Crippen molar-refractivity contribution in [2.45, 2.75) is 0 Å². The number of urea groups is 1. The Morgan fingerprint density at radius 1 is 1.14 bits per heavy atom. The molecule has 3 aromatic rings. The summed E-state index contributed by atoms with van der Waals surface area (Å²) in [5, 5.41) is 4.55. The first-order chi connectivity index (χ1) is 14.0. The molecule has 7 nitrogen and oxygen atoms in total. The van der Waals surface area contributed by atoms with Gasteiger partial charge < -0.3 is 25.6 Å². The monoisotopic (exact) mass is 411 g/mol. The van der Waals surface area contributed by atoms with Gasteiger partial charge in [0.25, 0.3) is 0 Å². The van der Waals surface area contributed by atoms with E-state index >= 15 is 0 Å². The zero-order chi connectivity index (χ0) is 20.4. The summed E-state index contributed by atoms with van der Waals surface area (Å²) in [5.41, 5.74) is 8.49. The van der Waals surface area contributed by atoms with Crippen molar-refractivity contribution in [1.82, 2.24) is 9.88 Å². The molecule has 29 heavy (non-hydrogen) atoms. The van der Waals surface area contributed by atoms with Crippen LogP contribution in [-0.2, 0) is 0 Å². The summed E-state index contributed by atoms with van der Waals surface area (Å²) < 4.78 is 5.20. The number of rotatable bonds is 3. The third kappa shape index (κ3) is 4.14. The van der Waals surface area contributed by atoms with Gasteiger partial charge in [0.2, 0.25) is 0 Å². The van der Waals surface area contributed by atoms with Crippen molar-refractivity contribution in [3.05, 3.63) is 53.6 Å². The highest BCUT2D eigenvalue weighted by Gasteiger charge is 2.23. The minimum absolute atomic E-state index is 0.121. The number of nitrogens with one attached hydrogen (secondary N) is 1. The third-order valence-electron chi connectivity index (χ3n) is 5.00. The molecule has 0 spiro atoms. The Hall–Kier alpha value is -3.19. The highest BCUT2D eigenvalue weighted by Crippen LogP contribution is 2.30. The Kier molecular flexibility index (Phi) is 5.31. The van der Waals surface area contributed by atoms with E-state index in [-0.39, 0.29) is 6.03 Å². The lowest BCUT2D eigenvalue weighted by molar-refractivity contribution is 0.208. The molecule has 0 radical (unpaired) electrons. The highest BCUT2D eigenvalue weighted by atomic mass is 35.5. The number of benzene rings is 2. The van der Waals surface area contributed by atoms with E-state index in [0.717, 1.165) is 16.6 Å². The zero-order valence-electron chi connectivity index (χ0n) is 16.1. The SMILES string of the molecule is COc1cccc(NC(=O)N2CCN(c3cc(N)nc4cc(Cl)ccc34)CC2)c1. The molecule has 0 atom stereocenters. The van der Waals surface area contributed by atoms with Crippen LogP contribution >= 0.6 is 11.6 Å². The summed E-state index contributed by atoms with van der Waals surface area (Å²) in [7, 11) is 1.60. The Bertz CT molecular complexity index is 1050. The van der Waals surface area contributed by atoms with E-state index in [1.54, 1.807) is 18.1 Å². The third-order valence-corrected chi connectivity index (χ3v) is 5.23. The number of amides is 2. The first-order valence-corrected chi connectivity index (χ1v) is 9.72. The van der Waals surface area contributed by atoms with E-state index in [1.165, 1.54) is 0 Å². The molecule has 1 fully saturated rings. The number of hydrogen-bond acceptors (Lipinski definition) is 5. The molecule has 3 N–H and O–H groups in total. The van der Waals surface area contributed by atoms with E-state index in [9.17, 15) is 4.79 Å². The summed E-state index contributed by atoms with van der Waals surface area (Å²) in [6, 6.07) is 14.7. The lowest BCUT2D eigenvalue weighted by Gasteiger charge is -2.36.